The molecule has 0 aliphatic carbocycles. The first-order chi connectivity index (χ1) is 8.58. The predicted octanol–water partition coefficient (Wildman–Crippen LogP) is 2.80. The summed E-state index contributed by atoms with van der Waals surface area (Å²) in [6.07, 6.45) is 0. The normalized spacial score (nSPS) is 10.1. The van der Waals surface area contributed by atoms with Crippen LogP contribution in [-0.2, 0) is 0 Å². The maximum Gasteiger partial charge on any atom is 0.255 e. The molecule has 18 heavy (non-hydrogen) atoms. The van der Waals surface area contributed by atoms with E-state index in [9.17, 15) is 13.6 Å². The van der Waals surface area contributed by atoms with Crippen molar-refractivity contribution >= 4 is 17.3 Å². The van der Waals surface area contributed by atoms with Crippen LogP contribution in [0.3, 0.4) is 0 Å². The zero-order valence-electron chi connectivity index (χ0n) is 9.28. The molecule has 0 aromatic heterocycles. The van der Waals surface area contributed by atoms with E-state index in [1.807, 2.05) is 0 Å². The van der Waals surface area contributed by atoms with Gasteiger partial charge in [-0.3, -0.25) is 4.79 Å². The molecule has 2 aromatic carbocycles. The lowest BCUT2D eigenvalue weighted by Crippen LogP contribution is -2.14. The molecular weight excluding hydrogens is 238 g/mol. The lowest BCUT2D eigenvalue weighted by atomic mass is 10.2. The van der Waals surface area contributed by atoms with E-state index < -0.39 is 23.2 Å². The van der Waals surface area contributed by atoms with Crippen molar-refractivity contribution < 1.29 is 13.6 Å². The lowest BCUT2D eigenvalue weighted by Gasteiger charge is -2.07. The van der Waals surface area contributed by atoms with Gasteiger partial charge in [0.25, 0.3) is 5.91 Å². The second-order valence-electron chi connectivity index (χ2n) is 3.67. The quantitative estimate of drug-likeness (QED) is 0.803. The first kappa shape index (κ1) is 12.0. The monoisotopic (exact) mass is 248 g/mol. The molecule has 2 rings (SSSR count). The standard InChI is InChI=1S/C13H10F2N2O/c14-10-2-1-3-11(15)12(10)17-13(18)8-4-6-9(16)7-5-8/h1-7H,16H2,(H,17,18). The number of nitrogens with one attached hydrogen (secondary N) is 1. The Labute approximate surface area is 102 Å². The second kappa shape index (κ2) is 4.83. The summed E-state index contributed by atoms with van der Waals surface area (Å²) in [7, 11) is 0. The van der Waals surface area contributed by atoms with Crippen LogP contribution in [0.5, 0.6) is 0 Å². The molecule has 0 aliphatic heterocycles. The number of anilines is 2. The molecule has 1 amide bonds. The smallest absolute Gasteiger partial charge is 0.255 e. The van der Waals surface area contributed by atoms with Gasteiger partial charge in [-0.2, -0.15) is 0 Å². The highest BCUT2D eigenvalue weighted by Crippen LogP contribution is 2.19. The van der Waals surface area contributed by atoms with Gasteiger partial charge in [0.2, 0.25) is 0 Å². The van der Waals surface area contributed by atoms with Crippen molar-refractivity contribution in [3.63, 3.8) is 0 Å². The third-order valence-corrected chi connectivity index (χ3v) is 2.37. The summed E-state index contributed by atoms with van der Waals surface area (Å²) in [5.41, 5.74) is 5.79. The Hall–Kier alpha value is -2.43. The molecule has 0 heterocycles. The molecule has 0 atom stereocenters. The highest BCUT2D eigenvalue weighted by molar-refractivity contribution is 6.04. The maximum absolute atomic E-state index is 13.3. The maximum atomic E-state index is 13.3. The van der Waals surface area contributed by atoms with E-state index in [0.29, 0.717) is 5.69 Å². The van der Waals surface area contributed by atoms with Gasteiger partial charge in [-0.15, -0.1) is 0 Å². The average molecular weight is 248 g/mol. The first-order valence-electron chi connectivity index (χ1n) is 5.19. The third-order valence-electron chi connectivity index (χ3n) is 2.37. The summed E-state index contributed by atoms with van der Waals surface area (Å²) in [5.74, 6) is -2.24. The van der Waals surface area contributed by atoms with Crippen molar-refractivity contribution in [3.8, 4) is 0 Å². The van der Waals surface area contributed by atoms with Crippen molar-refractivity contribution in [1.29, 1.82) is 0 Å². The minimum atomic E-state index is -0.821. The molecule has 0 unspecified atom stereocenters. The summed E-state index contributed by atoms with van der Waals surface area (Å²) < 4.78 is 26.6. The van der Waals surface area contributed by atoms with Crippen LogP contribution >= 0.6 is 0 Å². The zero-order valence-corrected chi connectivity index (χ0v) is 9.28. The Morgan fingerprint density at radius 3 is 2.11 bits per heavy atom. The predicted molar refractivity (Wildman–Crippen MR) is 65.2 cm³/mol. The van der Waals surface area contributed by atoms with Crippen molar-refractivity contribution in [1.82, 2.24) is 0 Å². The molecule has 0 bridgehead atoms. The van der Waals surface area contributed by atoms with Crippen molar-refractivity contribution in [2.24, 2.45) is 0 Å². The van der Waals surface area contributed by atoms with E-state index in [2.05, 4.69) is 5.32 Å². The van der Waals surface area contributed by atoms with Gasteiger partial charge in [0.15, 0.2) is 0 Å². The summed E-state index contributed by atoms with van der Waals surface area (Å²) in [6, 6.07) is 9.39. The fourth-order valence-electron chi connectivity index (χ4n) is 1.44. The number of nitrogens with two attached hydrogens (primary N) is 1. The van der Waals surface area contributed by atoms with Crippen LogP contribution < -0.4 is 11.1 Å². The molecule has 3 nitrogen and oxygen atoms in total. The number of hydrogen-bond acceptors (Lipinski definition) is 2. The van der Waals surface area contributed by atoms with Gasteiger partial charge in [-0.1, -0.05) is 6.07 Å². The largest absolute Gasteiger partial charge is 0.399 e. The SMILES string of the molecule is Nc1ccc(C(=O)Nc2c(F)cccc2F)cc1. The van der Waals surface area contributed by atoms with E-state index >= 15 is 0 Å². The fraction of sp³-hybridized carbons (Fsp3) is 0. The number of para-hydroxylation sites is 1. The number of nitrogen functional groups attached to an aromatic ring is 1. The van der Waals surface area contributed by atoms with E-state index in [1.165, 1.54) is 30.3 Å². The van der Waals surface area contributed by atoms with Gasteiger partial charge in [0, 0.05) is 11.3 Å². The van der Waals surface area contributed by atoms with E-state index in [1.54, 1.807) is 0 Å². The number of carbonyl (C=O) groups is 1. The number of amides is 1. The summed E-state index contributed by atoms with van der Waals surface area (Å²) in [4.78, 5) is 11.7. The Kier molecular flexibility index (Phi) is 3.23. The van der Waals surface area contributed by atoms with E-state index in [4.69, 9.17) is 5.73 Å². The average Bonchev–Trinajstić information content (AvgIpc) is 2.34. The Bertz CT molecular complexity index is 562. The van der Waals surface area contributed by atoms with Gasteiger partial charge in [-0.05, 0) is 36.4 Å². The molecule has 0 spiro atoms. The molecule has 5 heteroatoms. The van der Waals surface area contributed by atoms with Crippen LogP contribution in [-0.4, -0.2) is 5.91 Å². The molecule has 0 saturated heterocycles. The number of benzene rings is 2. The van der Waals surface area contributed by atoms with Crippen LogP contribution in [0.4, 0.5) is 20.2 Å². The minimum Gasteiger partial charge on any atom is -0.399 e. The van der Waals surface area contributed by atoms with Gasteiger partial charge >= 0.3 is 0 Å². The van der Waals surface area contributed by atoms with Gasteiger partial charge in [0.1, 0.15) is 17.3 Å². The zero-order chi connectivity index (χ0) is 13.1. The van der Waals surface area contributed by atoms with Crippen molar-refractivity contribution in [3.05, 3.63) is 59.7 Å². The molecule has 2 aromatic rings. The summed E-state index contributed by atoms with van der Waals surface area (Å²) in [6.45, 7) is 0. The topological polar surface area (TPSA) is 55.1 Å². The van der Waals surface area contributed by atoms with Crippen molar-refractivity contribution in [2.75, 3.05) is 11.1 Å². The fourth-order valence-corrected chi connectivity index (χ4v) is 1.44. The molecule has 0 saturated carbocycles. The highest BCUT2D eigenvalue weighted by Gasteiger charge is 2.12. The first-order valence-corrected chi connectivity index (χ1v) is 5.19. The third kappa shape index (κ3) is 2.45. The van der Waals surface area contributed by atoms with Crippen LogP contribution in [0, 0.1) is 11.6 Å². The van der Waals surface area contributed by atoms with Crippen LogP contribution in [0.2, 0.25) is 0 Å². The Morgan fingerprint density at radius 2 is 1.56 bits per heavy atom. The molecule has 92 valence electrons. The number of rotatable bonds is 2. The highest BCUT2D eigenvalue weighted by atomic mass is 19.1. The Morgan fingerprint density at radius 1 is 1.00 bits per heavy atom. The van der Waals surface area contributed by atoms with E-state index in [0.717, 1.165) is 12.1 Å². The van der Waals surface area contributed by atoms with Gasteiger partial charge in [0.05, 0.1) is 0 Å². The molecule has 0 fully saturated rings. The minimum absolute atomic E-state index is 0.270. The number of carbonyl (C=O) groups excluding carboxylic acids is 1. The lowest BCUT2D eigenvalue weighted by molar-refractivity contribution is 0.102. The van der Waals surface area contributed by atoms with Crippen LogP contribution in [0.15, 0.2) is 42.5 Å². The molecule has 0 radical (unpaired) electrons. The molecule has 3 N–H and O–H groups in total. The van der Waals surface area contributed by atoms with Crippen LogP contribution in [0.1, 0.15) is 10.4 Å². The molecule has 0 aliphatic rings. The van der Waals surface area contributed by atoms with Gasteiger partial charge < -0.3 is 11.1 Å². The van der Waals surface area contributed by atoms with E-state index in [-0.39, 0.29) is 5.56 Å². The Balaban J connectivity index is 2.24. The summed E-state index contributed by atoms with van der Waals surface area (Å²) >= 11 is 0. The van der Waals surface area contributed by atoms with Gasteiger partial charge in [-0.25, -0.2) is 8.78 Å². The second-order valence-corrected chi connectivity index (χ2v) is 3.67. The van der Waals surface area contributed by atoms with Crippen molar-refractivity contribution in [2.45, 2.75) is 0 Å². The number of halogens is 2. The van der Waals surface area contributed by atoms with Crippen LogP contribution in [0.25, 0.3) is 0 Å². The number of hydrogen-bond donors (Lipinski definition) is 2. The molecular formula is C13H10F2N2O. The summed E-state index contributed by atoms with van der Waals surface area (Å²) in [5, 5.41) is 2.18.